The van der Waals surface area contributed by atoms with Gasteiger partial charge in [0, 0.05) is 41.2 Å². The zero-order chi connectivity index (χ0) is 13.6. The van der Waals surface area contributed by atoms with Gasteiger partial charge in [-0.25, -0.2) is 0 Å². The van der Waals surface area contributed by atoms with Crippen molar-refractivity contribution >= 4 is 32.8 Å². The maximum atomic E-state index is 11.1. The molecular weight excluding hydrogens is 308 g/mol. The summed E-state index contributed by atoms with van der Waals surface area (Å²) in [4.78, 5) is 11.1. The molecule has 0 spiro atoms. The molecule has 1 fully saturated rings. The fraction of sp³-hybridized carbons (Fsp3) is 0.357. The first-order valence-corrected chi connectivity index (χ1v) is 7.07. The predicted octanol–water partition coefficient (Wildman–Crippen LogP) is 2.68. The molecule has 4 nitrogen and oxygen atoms in total. The van der Waals surface area contributed by atoms with Crippen molar-refractivity contribution < 1.29 is 9.90 Å². The summed E-state index contributed by atoms with van der Waals surface area (Å²) in [6, 6.07) is 6.30. The molecule has 1 saturated heterocycles. The molecule has 2 N–H and O–H groups in total. The zero-order valence-electron chi connectivity index (χ0n) is 10.6. The lowest BCUT2D eigenvalue weighted by molar-refractivity contribution is -0.141. The van der Waals surface area contributed by atoms with Crippen LogP contribution < -0.4 is 5.32 Å². The van der Waals surface area contributed by atoms with Gasteiger partial charge in [0.1, 0.15) is 0 Å². The van der Waals surface area contributed by atoms with Crippen LogP contribution in [0.5, 0.6) is 0 Å². The molecule has 1 aromatic carbocycles. The summed E-state index contributed by atoms with van der Waals surface area (Å²) >= 11 is 3.59. The first-order valence-electron chi connectivity index (χ1n) is 6.27. The number of aliphatic carboxylic acids is 1. The minimum absolute atomic E-state index is 0.114. The SMILES string of the molecule is Cn1cc(Br)c2c(C3CC(C(=O)O)CN3)cccc21. The summed E-state index contributed by atoms with van der Waals surface area (Å²) in [7, 11) is 2.01. The van der Waals surface area contributed by atoms with Crippen LogP contribution in [0.2, 0.25) is 0 Å². The van der Waals surface area contributed by atoms with E-state index in [4.69, 9.17) is 5.11 Å². The van der Waals surface area contributed by atoms with Crippen molar-refractivity contribution in [2.24, 2.45) is 13.0 Å². The highest BCUT2D eigenvalue weighted by Crippen LogP contribution is 2.36. The largest absolute Gasteiger partial charge is 0.481 e. The number of carboxylic acids is 1. The highest BCUT2D eigenvalue weighted by Gasteiger charge is 2.31. The highest BCUT2D eigenvalue weighted by atomic mass is 79.9. The number of nitrogens with one attached hydrogen (secondary N) is 1. The van der Waals surface area contributed by atoms with E-state index in [0.29, 0.717) is 13.0 Å². The molecule has 0 bridgehead atoms. The Bertz CT molecular complexity index is 650. The normalized spacial score (nSPS) is 23.1. The van der Waals surface area contributed by atoms with Crippen molar-refractivity contribution in [3.8, 4) is 0 Å². The number of carboxylic acid groups (broad SMARTS) is 1. The maximum Gasteiger partial charge on any atom is 0.307 e. The van der Waals surface area contributed by atoms with Gasteiger partial charge in [0.2, 0.25) is 0 Å². The number of aryl methyl sites for hydroxylation is 1. The van der Waals surface area contributed by atoms with Gasteiger partial charge >= 0.3 is 5.97 Å². The van der Waals surface area contributed by atoms with Gasteiger partial charge in [-0.05, 0) is 34.0 Å². The minimum Gasteiger partial charge on any atom is -0.481 e. The van der Waals surface area contributed by atoms with E-state index >= 15 is 0 Å². The third-order valence-corrected chi connectivity index (χ3v) is 4.46. The van der Waals surface area contributed by atoms with Crippen molar-refractivity contribution in [1.29, 1.82) is 0 Å². The summed E-state index contributed by atoms with van der Waals surface area (Å²) in [6.45, 7) is 0.543. The van der Waals surface area contributed by atoms with Crippen LogP contribution in [0.15, 0.2) is 28.9 Å². The highest BCUT2D eigenvalue weighted by molar-refractivity contribution is 9.10. The van der Waals surface area contributed by atoms with E-state index in [2.05, 4.69) is 37.9 Å². The van der Waals surface area contributed by atoms with Crippen LogP contribution >= 0.6 is 15.9 Å². The molecule has 0 saturated carbocycles. The topological polar surface area (TPSA) is 54.3 Å². The van der Waals surface area contributed by atoms with E-state index in [1.807, 2.05) is 19.3 Å². The molecule has 100 valence electrons. The Balaban J connectivity index is 2.04. The first kappa shape index (κ1) is 12.7. The van der Waals surface area contributed by atoms with Gasteiger partial charge in [-0.15, -0.1) is 0 Å². The van der Waals surface area contributed by atoms with Crippen LogP contribution in [-0.4, -0.2) is 22.2 Å². The predicted molar refractivity (Wildman–Crippen MR) is 77.1 cm³/mol. The Kier molecular flexibility index (Phi) is 3.11. The third-order valence-electron chi connectivity index (χ3n) is 3.86. The number of halogens is 1. The van der Waals surface area contributed by atoms with Crippen LogP contribution in [0.25, 0.3) is 10.9 Å². The van der Waals surface area contributed by atoms with Crippen molar-refractivity contribution in [2.75, 3.05) is 6.54 Å². The number of aromatic nitrogens is 1. The van der Waals surface area contributed by atoms with Crippen LogP contribution in [0.4, 0.5) is 0 Å². The summed E-state index contributed by atoms with van der Waals surface area (Å²) in [5.41, 5.74) is 2.33. The molecule has 0 amide bonds. The fourth-order valence-electron chi connectivity index (χ4n) is 2.87. The molecule has 1 aliphatic heterocycles. The Morgan fingerprint density at radius 2 is 2.32 bits per heavy atom. The van der Waals surface area contributed by atoms with Gasteiger partial charge < -0.3 is 15.0 Å². The van der Waals surface area contributed by atoms with Crippen LogP contribution in [0.3, 0.4) is 0 Å². The van der Waals surface area contributed by atoms with Gasteiger partial charge in [0.05, 0.1) is 5.92 Å². The van der Waals surface area contributed by atoms with Crippen molar-refractivity contribution in [2.45, 2.75) is 12.5 Å². The molecule has 0 aliphatic carbocycles. The fourth-order valence-corrected chi connectivity index (χ4v) is 3.61. The van der Waals surface area contributed by atoms with E-state index in [9.17, 15) is 4.79 Å². The summed E-state index contributed by atoms with van der Waals surface area (Å²) in [6.07, 6.45) is 2.69. The second-order valence-corrected chi connectivity index (χ2v) is 5.92. The van der Waals surface area contributed by atoms with Crippen molar-refractivity contribution in [3.05, 3.63) is 34.4 Å². The quantitative estimate of drug-likeness (QED) is 0.893. The molecule has 2 unspecified atom stereocenters. The minimum atomic E-state index is -0.714. The molecule has 1 aliphatic rings. The van der Waals surface area contributed by atoms with E-state index in [-0.39, 0.29) is 12.0 Å². The van der Waals surface area contributed by atoms with Gasteiger partial charge in [0.15, 0.2) is 0 Å². The van der Waals surface area contributed by atoms with Crippen molar-refractivity contribution in [3.63, 3.8) is 0 Å². The van der Waals surface area contributed by atoms with Crippen LogP contribution in [0, 0.1) is 5.92 Å². The van der Waals surface area contributed by atoms with E-state index in [1.54, 1.807) is 0 Å². The average molecular weight is 323 g/mol. The zero-order valence-corrected chi connectivity index (χ0v) is 12.1. The number of benzene rings is 1. The van der Waals surface area contributed by atoms with Gasteiger partial charge in [-0.1, -0.05) is 12.1 Å². The molecule has 2 aromatic rings. The second kappa shape index (κ2) is 4.65. The molecule has 1 aromatic heterocycles. The standard InChI is InChI=1S/C14H15BrN2O2/c1-17-7-10(15)13-9(3-2-4-12(13)17)11-5-8(6-16-11)14(18)19/h2-4,7-8,11,16H,5-6H2,1H3,(H,18,19). The van der Waals surface area contributed by atoms with Gasteiger partial charge in [-0.3, -0.25) is 4.79 Å². The Morgan fingerprint density at radius 1 is 1.53 bits per heavy atom. The molecule has 2 atom stereocenters. The first-order chi connectivity index (χ1) is 9.08. The van der Waals surface area contributed by atoms with Gasteiger partial charge in [-0.2, -0.15) is 0 Å². The number of fused-ring (bicyclic) bond motifs is 1. The smallest absolute Gasteiger partial charge is 0.307 e. The lowest BCUT2D eigenvalue weighted by Gasteiger charge is -2.13. The molecule has 3 rings (SSSR count). The molecule has 19 heavy (non-hydrogen) atoms. The molecule has 2 heterocycles. The Morgan fingerprint density at radius 3 is 3.00 bits per heavy atom. The maximum absolute atomic E-state index is 11.1. The Hall–Kier alpha value is -1.33. The monoisotopic (exact) mass is 322 g/mol. The lowest BCUT2D eigenvalue weighted by Crippen LogP contribution is -2.17. The third kappa shape index (κ3) is 2.07. The van der Waals surface area contributed by atoms with Crippen LogP contribution in [-0.2, 0) is 11.8 Å². The van der Waals surface area contributed by atoms with Crippen LogP contribution in [0.1, 0.15) is 18.0 Å². The number of hydrogen-bond acceptors (Lipinski definition) is 2. The number of hydrogen-bond donors (Lipinski definition) is 2. The number of nitrogens with zero attached hydrogens (tertiary/aromatic N) is 1. The van der Waals surface area contributed by atoms with E-state index < -0.39 is 5.97 Å². The summed E-state index contributed by atoms with van der Waals surface area (Å²) < 4.78 is 3.13. The average Bonchev–Trinajstić information content (AvgIpc) is 2.96. The molecule has 5 heteroatoms. The second-order valence-electron chi connectivity index (χ2n) is 5.06. The molecule has 0 radical (unpaired) electrons. The van der Waals surface area contributed by atoms with E-state index in [1.165, 1.54) is 10.9 Å². The number of rotatable bonds is 2. The lowest BCUT2D eigenvalue weighted by atomic mass is 9.97. The van der Waals surface area contributed by atoms with Gasteiger partial charge in [0.25, 0.3) is 0 Å². The number of carbonyl (C=O) groups is 1. The molecular formula is C14H15BrN2O2. The van der Waals surface area contributed by atoms with Crippen molar-refractivity contribution in [1.82, 2.24) is 9.88 Å². The summed E-state index contributed by atoms with van der Waals surface area (Å²) in [5, 5.41) is 13.6. The summed E-state index contributed by atoms with van der Waals surface area (Å²) in [5.74, 6) is -1.00. The Labute approximate surface area is 119 Å². The van der Waals surface area contributed by atoms with E-state index in [0.717, 1.165) is 9.99 Å².